The van der Waals surface area contributed by atoms with Gasteiger partial charge in [0.05, 0.1) is 0 Å². The molecule has 0 aliphatic heterocycles. The summed E-state index contributed by atoms with van der Waals surface area (Å²) in [5.74, 6) is 0.606. The summed E-state index contributed by atoms with van der Waals surface area (Å²) in [6, 6.07) is 21.6. The van der Waals surface area contributed by atoms with Gasteiger partial charge >= 0.3 is 120 Å². The minimum absolute atomic E-state index is 0.289. The summed E-state index contributed by atoms with van der Waals surface area (Å²) in [6.07, 6.45) is 2.42. The van der Waals surface area contributed by atoms with Gasteiger partial charge in [0.2, 0.25) is 0 Å². The first-order valence-corrected chi connectivity index (χ1v) is 8.59. The molecule has 0 atom stereocenters. The van der Waals surface area contributed by atoms with E-state index in [4.69, 9.17) is 0 Å². The van der Waals surface area contributed by atoms with E-state index in [1.807, 2.05) is 0 Å². The molecule has 0 radical (unpaired) electrons. The standard InChI is InChI=1S/C17H18Te/c1-14(2)13-17(15-9-5-3-6-10-15)18-16-11-7-4-8-12-16/h3-14H,1-2H3/b17-13-. The second-order valence-corrected chi connectivity index (χ2v) is 7.74. The van der Waals surface area contributed by atoms with Gasteiger partial charge in [-0.3, -0.25) is 0 Å². The molecule has 18 heavy (non-hydrogen) atoms. The first-order chi connectivity index (χ1) is 8.75. The van der Waals surface area contributed by atoms with E-state index in [2.05, 4.69) is 80.6 Å². The molecule has 2 aromatic rings. The van der Waals surface area contributed by atoms with Crippen molar-refractivity contribution in [2.24, 2.45) is 5.92 Å². The Labute approximate surface area is 120 Å². The molecule has 0 saturated carbocycles. The molecule has 0 N–H and O–H groups in total. The van der Waals surface area contributed by atoms with Crippen molar-refractivity contribution < 1.29 is 0 Å². The summed E-state index contributed by atoms with van der Waals surface area (Å²) in [7, 11) is 0. The van der Waals surface area contributed by atoms with Gasteiger partial charge in [0.15, 0.2) is 0 Å². The Morgan fingerprint density at radius 3 is 2.00 bits per heavy atom. The van der Waals surface area contributed by atoms with Gasteiger partial charge in [0.25, 0.3) is 0 Å². The summed E-state index contributed by atoms with van der Waals surface area (Å²) < 4.78 is 3.04. The van der Waals surface area contributed by atoms with E-state index in [0.717, 1.165) is 0 Å². The fourth-order valence-electron chi connectivity index (χ4n) is 1.71. The topological polar surface area (TPSA) is 0 Å². The number of hydrogen-bond acceptors (Lipinski definition) is 0. The molecule has 0 unspecified atom stereocenters. The van der Waals surface area contributed by atoms with Gasteiger partial charge in [-0.25, -0.2) is 0 Å². The van der Waals surface area contributed by atoms with E-state index in [9.17, 15) is 0 Å². The van der Waals surface area contributed by atoms with E-state index >= 15 is 0 Å². The molecular formula is C17H18Te. The zero-order valence-corrected chi connectivity index (χ0v) is 13.2. The number of hydrogen-bond donors (Lipinski definition) is 0. The molecule has 2 aromatic carbocycles. The predicted molar refractivity (Wildman–Crippen MR) is 81.1 cm³/mol. The van der Waals surface area contributed by atoms with Crippen molar-refractivity contribution in [2.45, 2.75) is 13.8 Å². The van der Waals surface area contributed by atoms with Gasteiger partial charge in [-0.1, -0.05) is 0 Å². The maximum absolute atomic E-state index is 2.42. The Morgan fingerprint density at radius 2 is 1.44 bits per heavy atom. The van der Waals surface area contributed by atoms with Crippen LogP contribution in [-0.4, -0.2) is 20.9 Å². The Bertz CT molecular complexity index is 498. The third-order valence-electron chi connectivity index (χ3n) is 2.51. The molecule has 0 amide bonds. The van der Waals surface area contributed by atoms with Crippen LogP contribution in [-0.2, 0) is 0 Å². The molecular weight excluding hydrogens is 332 g/mol. The van der Waals surface area contributed by atoms with Gasteiger partial charge < -0.3 is 0 Å². The van der Waals surface area contributed by atoms with Crippen LogP contribution < -0.4 is 3.61 Å². The van der Waals surface area contributed by atoms with Crippen molar-refractivity contribution in [1.82, 2.24) is 0 Å². The Kier molecular flexibility index (Phi) is 5.05. The zero-order chi connectivity index (χ0) is 12.8. The molecule has 0 fully saturated rings. The van der Waals surface area contributed by atoms with Crippen LogP contribution in [0.15, 0.2) is 66.7 Å². The molecule has 0 heterocycles. The monoisotopic (exact) mass is 352 g/mol. The first kappa shape index (κ1) is 13.4. The van der Waals surface area contributed by atoms with Crippen molar-refractivity contribution in [2.75, 3.05) is 0 Å². The summed E-state index contributed by atoms with van der Waals surface area (Å²) in [5, 5.41) is 0. The van der Waals surface area contributed by atoms with Crippen molar-refractivity contribution in [1.29, 1.82) is 0 Å². The Balaban J connectivity index is 2.28. The molecule has 0 aliphatic carbocycles. The summed E-state index contributed by atoms with van der Waals surface area (Å²) in [4.78, 5) is 0. The van der Waals surface area contributed by atoms with Crippen molar-refractivity contribution >= 4 is 28.2 Å². The molecule has 2 rings (SSSR count). The van der Waals surface area contributed by atoms with Crippen LogP contribution >= 0.6 is 0 Å². The van der Waals surface area contributed by atoms with Gasteiger partial charge in [-0.2, -0.15) is 0 Å². The Morgan fingerprint density at radius 1 is 0.889 bits per heavy atom. The molecule has 0 spiro atoms. The number of rotatable bonds is 4. The predicted octanol–water partition coefficient (Wildman–Crippen LogP) is 3.71. The number of benzene rings is 2. The summed E-state index contributed by atoms with van der Waals surface area (Å²) in [5.41, 5.74) is 1.39. The van der Waals surface area contributed by atoms with Gasteiger partial charge in [-0.15, -0.1) is 0 Å². The molecule has 0 saturated heterocycles. The van der Waals surface area contributed by atoms with Gasteiger partial charge in [-0.05, 0) is 0 Å². The van der Waals surface area contributed by atoms with Gasteiger partial charge in [0.1, 0.15) is 0 Å². The zero-order valence-electron chi connectivity index (χ0n) is 10.8. The van der Waals surface area contributed by atoms with Crippen molar-refractivity contribution in [3.05, 3.63) is 72.3 Å². The summed E-state index contributed by atoms with van der Waals surface area (Å²) in [6.45, 7) is 4.50. The van der Waals surface area contributed by atoms with Crippen LogP contribution in [0.5, 0.6) is 0 Å². The van der Waals surface area contributed by atoms with Crippen LogP contribution in [0.25, 0.3) is 3.62 Å². The second-order valence-electron chi connectivity index (χ2n) is 4.56. The van der Waals surface area contributed by atoms with Crippen LogP contribution in [0, 0.1) is 5.92 Å². The number of allylic oxidation sites excluding steroid dienone is 1. The van der Waals surface area contributed by atoms with E-state index in [-0.39, 0.29) is 20.9 Å². The van der Waals surface area contributed by atoms with Crippen LogP contribution in [0.4, 0.5) is 0 Å². The quantitative estimate of drug-likeness (QED) is 0.738. The van der Waals surface area contributed by atoms with Crippen LogP contribution in [0.3, 0.4) is 0 Å². The third-order valence-corrected chi connectivity index (χ3v) is 5.65. The molecule has 0 bridgehead atoms. The normalized spacial score (nSPS) is 11.8. The first-order valence-electron chi connectivity index (χ1n) is 6.26. The van der Waals surface area contributed by atoms with Crippen LogP contribution in [0.1, 0.15) is 19.4 Å². The second kappa shape index (κ2) is 6.78. The van der Waals surface area contributed by atoms with E-state index < -0.39 is 0 Å². The molecule has 1 heteroatoms. The minimum atomic E-state index is -0.289. The van der Waals surface area contributed by atoms with E-state index in [1.54, 1.807) is 3.62 Å². The molecule has 92 valence electrons. The average molecular weight is 350 g/mol. The molecule has 0 nitrogen and oxygen atoms in total. The fourth-order valence-corrected chi connectivity index (χ4v) is 4.97. The van der Waals surface area contributed by atoms with E-state index in [1.165, 1.54) is 9.17 Å². The van der Waals surface area contributed by atoms with Crippen molar-refractivity contribution in [3.8, 4) is 0 Å². The summed E-state index contributed by atoms with van der Waals surface area (Å²) >= 11 is -0.289. The fraction of sp³-hybridized carbons (Fsp3) is 0.176. The van der Waals surface area contributed by atoms with Crippen molar-refractivity contribution in [3.63, 3.8) is 0 Å². The Hall–Kier alpha value is -1.03. The van der Waals surface area contributed by atoms with Gasteiger partial charge in [0, 0.05) is 0 Å². The molecule has 0 aliphatic rings. The average Bonchev–Trinajstić information content (AvgIpc) is 2.40. The maximum atomic E-state index is 2.42. The third kappa shape index (κ3) is 4.02. The SMILES string of the molecule is CC(C)/C=C(\[Te]c1ccccc1)c1ccccc1. The molecule has 0 aromatic heterocycles. The van der Waals surface area contributed by atoms with E-state index in [0.29, 0.717) is 5.92 Å². The van der Waals surface area contributed by atoms with Crippen LogP contribution in [0.2, 0.25) is 0 Å².